The molecule has 0 radical (unpaired) electrons. The lowest BCUT2D eigenvalue weighted by molar-refractivity contribution is 0.112. The van der Waals surface area contributed by atoms with Gasteiger partial charge in [0, 0.05) is 23.2 Å². The lowest BCUT2D eigenvalue weighted by Crippen LogP contribution is -2.09. The summed E-state index contributed by atoms with van der Waals surface area (Å²) in [5.41, 5.74) is 7.47. The minimum Gasteiger partial charge on any atom is -0.381 e. The second-order valence-corrected chi connectivity index (χ2v) is 5.28. The van der Waals surface area contributed by atoms with Crippen molar-refractivity contribution in [1.82, 2.24) is 9.97 Å². The maximum Gasteiger partial charge on any atom is 0.169 e. The smallest absolute Gasteiger partial charge is 0.169 e. The van der Waals surface area contributed by atoms with Crippen LogP contribution in [-0.2, 0) is 6.54 Å². The van der Waals surface area contributed by atoms with Crippen LogP contribution >= 0.6 is 0 Å². The fourth-order valence-corrected chi connectivity index (χ4v) is 2.27. The zero-order valence-electron chi connectivity index (χ0n) is 13.0. The minimum absolute atomic E-state index is 0.107. The predicted molar refractivity (Wildman–Crippen MR) is 91.0 cm³/mol. The molecule has 0 atom stereocenters. The molecule has 0 saturated heterocycles. The van der Waals surface area contributed by atoms with Crippen molar-refractivity contribution in [3.8, 4) is 11.3 Å². The summed E-state index contributed by atoms with van der Waals surface area (Å²) < 4.78 is 27.4. The van der Waals surface area contributed by atoms with Crippen molar-refractivity contribution in [2.45, 2.75) is 6.54 Å². The van der Waals surface area contributed by atoms with Crippen molar-refractivity contribution >= 4 is 17.9 Å². The van der Waals surface area contributed by atoms with E-state index >= 15 is 0 Å². The monoisotopic (exact) mass is 340 g/mol. The zero-order chi connectivity index (χ0) is 17.8. The average Bonchev–Trinajstić information content (AvgIpc) is 2.63. The van der Waals surface area contributed by atoms with Gasteiger partial charge in [-0.25, -0.2) is 18.7 Å². The van der Waals surface area contributed by atoms with E-state index in [1.165, 1.54) is 24.4 Å². The number of benzene rings is 2. The Morgan fingerprint density at radius 3 is 2.40 bits per heavy atom. The van der Waals surface area contributed by atoms with E-state index in [0.29, 0.717) is 11.3 Å². The Balaban J connectivity index is 1.85. The topological polar surface area (TPSA) is 80.9 Å². The van der Waals surface area contributed by atoms with E-state index in [2.05, 4.69) is 15.3 Å². The van der Waals surface area contributed by atoms with E-state index in [0.717, 1.165) is 11.8 Å². The van der Waals surface area contributed by atoms with E-state index < -0.39 is 11.6 Å². The summed E-state index contributed by atoms with van der Waals surface area (Å²) in [6.07, 6.45) is 2.23. The molecule has 0 bridgehead atoms. The summed E-state index contributed by atoms with van der Waals surface area (Å²) in [5.74, 6) is -0.969. The first kappa shape index (κ1) is 16.5. The molecule has 1 heterocycles. The highest BCUT2D eigenvalue weighted by molar-refractivity contribution is 5.76. The number of halogens is 2. The molecule has 0 saturated carbocycles. The number of hydrogen-bond acceptors (Lipinski definition) is 5. The highest BCUT2D eigenvalue weighted by Gasteiger charge is 2.11. The number of aldehydes is 1. The molecule has 126 valence electrons. The van der Waals surface area contributed by atoms with Crippen LogP contribution in [0, 0.1) is 11.6 Å². The normalized spacial score (nSPS) is 10.5. The van der Waals surface area contributed by atoms with Gasteiger partial charge in [-0.05, 0) is 12.1 Å². The van der Waals surface area contributed by atoms with Crippen LogP contribution in [0.15, 0.2) is 48.7 Å². The third kappa shape index (κ3) is 3.60. The Morgan fingerprint density at radius 2 is 1.76 bits per heavy atom. The van der Waals surface area contributed by atoms with Gasteiger partial charge in [0.25, 0.3) is 0 Å². The van der Waals surface area contributed by atoms with E-state index in [4.69, 9.17) is 5.73 Å². The third-order valence-corrected chi connectivity index (χ3v) is 3.64. The Hall–Kier alpha value is -3.35. The van der Waals surface area contributed by atoms with Gasteiger partial charge in [0.05, 0.1) is 11.9 Å². The first-order valence-corrected chi connectivity index (χ1v) is 7.43. The van der Waals surface area contributed by atoms with Gasteiger partial charge in [-0.1, -0.05) is 30.3 Å². The highest BCUT2D eigenvalue weighted by Crippen LogP contribution is 2.22. The van der Waals surface area contributed by atoms with Crippen molar-refractivity contribution in [2.75, 3.05) is 11.1 Å². The van der Waals surface area contributed by atoms with E-state index in [-0.39, 0.29) is 23.7 Å². The molecule has 0 fully saturated rings. The standard InChI is InChI=1S/C18H14F2N4O/c19-14-2-1-3-15(20)13(14)8-23-18-17(21)22-9-16(24-18)12-6-4-11(10-25)5-7-12/h1-7,9-10H,8H2,(H2,21,22)(H,23,24). The quantitative estimate of drug-likeness (QED) is 0.696. The molecule has 1 aromatic heterocycles. The van der Waals surface area contributed by atoms with Crippen LogP contribution in [0.25, 0.3) is 11.3 Å². The fraction of sp³-hybridized carbons (Fsp3) is 0.0556. The van der Waals surface area contributed by atoms with Gasteiger partial charge < -0.3 is 11.1 Å². The Morgan fingerprint density at radius 1 is 1.08 bits per heavy atom. The molecule has 2 aromatic carbocycles. The second-order valence-electron chi connectivity index (χ2n) is 5.28. The van der Waals surface area contributed by atoms with Crippen LogP contribution in [0.2, 0.25) is 0 Å². The van der Waals surface area contributed by atoms with Crippen molar-refractivity contribution in [1.29, 1.82) is 0 Å². The summed E-state index contributed by atoms with van der Waals surface area (Å²) in [4.78, 5) is 19.1. The van der Waals surface area contributed by atoms with Gasteiger partial charge in [0.2, 0.25) is 0 Å². The van der Waals surface area contributed by atoms with Crippen molar-refractivity contribution in [2.24, 2.45) is 0 Å². The van der Waals surface area contributed by atoms with Crippen LogP contribution in [0.5, 0.6) is 0 Å². The molecular formula is C18H14F2N4O. The summed E-state index contributed by atoms with van der Waals surface area (Å²) >= 11 is 0. The van der Waals surface area contributed by atoms with Crippen LogP contribution in [0.1, 0.15) is 15.9 Å². The molecule has 7 heteroatoms. The van der Waals surface area contributed by atoms with Gasteiger partial charge >= 0.3 is 0 Å². The van der Waals surface area contributed by atoms with Crippen LogP contribution in [0.3, 0.4) is 0 Å². The predicted octanol–water partition coefficient (Wildman–Crippen LogP) is 3.43. The summed E-state index contributed by atoms with van der Waals surface area (Å²) in [5, 5.41) is 2.81. The van der Waals surface area contributed by atoms with Crippen molar-refractivity contribution in [3.63, 3.8) is 0 Å². The molecule has 3 N–H and O–H groups in total. The first-order valence-electron chi connectivity index (χ1n) is 7.43. The molecule has 0 aliphatic rings. The number of hydrogen-bond donors (Lipinski definition) is 2. The summed E-state index contributed by atoms with van der Waals surface area (Å²) in [6, 6.07) is 10.4. The first-order chi connectivity index (χ1) is 12.1. The molecule has 0 unspecified atom stereocenters. The van der Waals surface area contributed by atoms with Crippen molar-refractivity contribution in [3.05, 3.63) is 71.4 Å². The molecule has 0 aliphatic heterocycles. The van der Waals surface area contributed by atoms with Gasteiger partial charge in [-0.15, -0.1) is 0 Å². The highest BCUT2D eigenvalue weighted by atomic mass is 19.1. The largest absolute Gasteiger partial charge is 0.381 e. The number of nitrogens with one attached hydrogen (secondary N) is 1. The number of aromatic nitrogens is 2. The van der Waals surface area contributed by atoms with Gasteiger partial charge in [-0.3, -0.25) is 4.79 Å². The molecule has 0 spiro atoms. The van der Waals surface area contributed by atoms with E-state index in [9.17, 15) is 13.6 Å². The average molecular weight is 340 g/mol. The van der Waals surface area contributed by atoms with Crippen LogP contribution in [-0.4, -0.2) is 16.3 Å². The number of nitrogens with zero attached hydrogens (tertiary/aromatic N) is 2. The molecular weight excluding hydrogens is 326 g/mol. The van der Waals surface area contributed by atoms with Gasteiger partial charge in [0.1, 0.15) is 17.9 Å². The number of carbonyl (C=O) groups excluding carboxylic acids is 1. The molecule has 3 rings (SSSR count). The summed E-state index contributed by atoms with van der Waals surface area (Å²) in [7, 11) is 0. The number of nitrogens with two attached hydrogens (primary N) is 1. The van der Waals surface area contributed by atoms with Crippen LogP contribution < -0.4 is 11.1 Å². The molecule has 0 aliphatic carbocycles. The fourth-order valence-electron chi connectivity index (χ4n) is 2.27. The number of nitrogen functional groups attached to an aromatic ring is 1. The Labute approximate surface area is 142 Å². The lowest BCUT2D eigenvalue weighted by atomic mass is 10.1. The number of anilines is 2. The van der Waals surface area contributed by atoms with Gasteiger partial charge in [0.15, 0.2) is 11.6 Å². The molecule has 25 heavy (non-hydrogen) atoms. The maximum atomic E-state index is 13.7. The minimum atomic E-state index is -0.653. The number of carbonyl (C=O) groups is 1. The second kappa shape index (κ2) is 7.04. The Bertz CT molecular complexity index is 893. The SMILES string of the molecule is Nc1ncc(-c2ccc(C=O)cc2)nc1NCc1c(F)cccc1F. The lowest BCUT2D eigenvalue weighted by Gasteiger charge is -2.11. The van der Waals surface area contributed by atoms with E-state index in [1.807, 2.05) is 0 Å². The zero-order valence-corrected chi connectivity index (χ0v) is 13.0. The summed E-state index contributed by atoms with van der Waals surface area (Å²) in [6.45, 7) is -0.120. The maximum absolute atomic E-state index is 13.7. The molecule has 0 amide bonds. The van der Waals surface area contributed by atoms with Crippen molar-refractivity contribution < 1.29 is 13.6 Å². The molecule has 5 nitrogen and oxygen atoms in total. The van der Waals surface area contributed by atoms with E-state index in [1.54, 1.807) is 24.3 Å². The Kier molecular flexibility index (Phi) is 4.65. The number of rotatable bonds is 5. The molecule has 3 aromatic rings. The third-order valence-electron chi connectivity index (χ3n) is 3.64. The van der Waals surface area contributed by atoms with Gasteiger partial charge in [-0.2, -0.15) is 0 Å². The van der Waals surface area contributed by atoms with Crippen LogP contribution in [0.4, 0.5) is 20.4 Å².